The van der Waals surface area contributed by atoms with E-state index in [0.717, 1.165) is 17.0 Å². The van der Waals surface area contributed by atoms with E-state index in [1.165, 1.54) is 0 Å². The first-order valence-corrected chi connectivity index (χ1v) is 5.39. The third-order valence-electron chi connectivity index (χ3n) is 2.19. The zero-order valence-corrected chi connectivity index (χ0v) is 9.86. The van der Waals surface area contributed by atoms with Crippen LogP contribution in [-0.4, -0.2) is 4.98 Å². The number of nitrogens with zero attached hydrogens (tertiary/aromatic N) is 1. The van der Waals surface area contributed by atoms with E-state index in [4.69, 9.17) is 10.2 Å². The van der Waals surface area contributed by atoms with E-state index in [9.17, 15) is 0 Å². The number of halogens is 1. The molecule has 0 fully saturated rings. The summed E-state index contributed by atoms with van der Waals surface area (Å²) in [4.78, 5) is 4.20. The molecule has 0 bridgehead atoms. The molecule has 2 rings (SSSR count). The van der Waals surface area contributed by atoms with E-state index >= 15 is 0 Å². The molecule has 15 heavy (non-hydrogen) atoms. The fourth-order valence-corrected chi connectivity index (χ4v) is 1.64. The maximum absolute atomic E-state index is 6.03. The van der Waals surface area contributed by atoms with Gasteiger partial charge in [-0.25, -0.2) is 0 Å². The maximum atomic E-state index is 6.03. The number of nitrogens with two attached hydrogens (primary N) is 1. The Balaban J connectivity index is 2.28. The Morgan fingerprint density at radius 2 is 2.13 bits per heavy atom. The first kappa shape index (κ1) is 10.4. The van der Waals surface area contributed by atoms with Gasteiger partial charge in [-0.2, -0.15) is 0 Å². The van der Waals surface area contributed by atoms with Gasteiger partial charge in [-0.3, -0.25) is 4.98 Å². The summed E-state index contributed by atoms with van der Waals surface area (Å²) < 4.78 is 6.08. The van der Waals surface area contributed by atoms with Crippen molar-refractivity contribution >= 4 is 15.9 Å². The van der Waals surface area contributed by atoms with Gasteiger partial charge in [-0.1, -0.05) is 6.07 Å². The molecule has 1 unspecified atom stereocenters. The fraction of sp³-hybridized carbons (Fsp3) is 0.182. The zero-order valence-electron chi connectivity index (χ0n) is 8.27. The maximum Gasteiger partial charge on any atom is 0.169 e. The molecule has 0 aliphatic carbocycles. The second-order valence-corrected chi connectivity index (χ2v) is 4.13. The molecule has 0 aliphatic heterocycles. The Kier molecular flexibility index (Phi) is 2.88. The van der Waals surface area contributed by atoms with Crippen molar-refractivity contribution in [1.29, 1.82) is 0 Å². The van der Waals surface area contributed by atoms with E-state index < -0.39 is 0 Å². The van der Waals surface area contributed by atoms with Crippen molar-refractivity contribution in [3.05, 3.63) is 52.1 Å². The summed E-state index contributed by atoms with van der Waals surface area (Å²) in [6.45, 7) is 1.94. The predicted octanol–water partition coefficient (Wildman–Crippen LogP) is 2.79. The van der Waals surface area contributed by atoms with Crippen molar-refractivity contribution in [1.82, 2.24) is 4.98 Å². The monoisotopic (exact) mass is 266 g/mol. The lowest BCUT2D eigenvalue weighted by Crippen LogP contribution is -2.11. The molecule has 0 aromatic carbocycles. The van der Waals surface area contributed by atoms with Crippen molar-refractivity contribution in [2.45, 2.75) is 13.0 Å². The standard InChI is InChI=1S/C11H11BrN2O/c1-7-2-3-8(6-14-7)11(13)9-4-5-10(12)15-9/h2-6,11H,13H2,1H3. The number of rotatable bonds is 2. The highest BCUT2D eigenvalue weighted by atomic mass is 79.9. The number of furan rings is 1. The van der Waals surface area contributed by atoms with E-state index in [1.54, 1.807) is 6.20 Å². The van der Waals surface area contributed by atoms with Gasteiger partial charge in [0.2, 0.25) is 0 Å². The van der Waals surface area contributed by atoms with Gasteiger partial charge in [0.15, 0.2) is 4.67 Å². The highest BCUT2D eigenvalue weighted by Crippen LogP contribution is 2.23. The molecule has 2 N–H and O–H groups in total. The van der Waals surface area contributed by atoms with Crippen molar-refractivity contribution in [3.63, 3.8) is 0 Å². The molecule has 1 atom stereocenters. The smallest absolute Gasteiger partial charge is 0.169 e. The first-order valence-electron chi connectivity index (χ1n) is 4.60. The molecule has 0 spiro atoms. The van der Waals surface area contributed by atoms with Gasteiger partial charge in [-0.05, 0) is 46.6 Å². The van der Waals surface area contributed by atoms with Crippen LogP contribution in [0, 0.1) is 6.92 Å². The Morgan fingerprint density at radius 3 is 2.67 bits per heavy atom. The molecule has 2 aromatic rings. The molecular weight excluding hydrogens is 256 g/mol. The van der Waals surface area contributed by atoms with Crippen LogP contribution in [0.2, 0.25) is 0 Å². The average Bonchev–Trinajstić information content (AvgIpc) is 2.65. The number of hydrogen-bond acceptors (Lipinski definition) is 3. The molecule has 0 aliphatic rings. The van der Waals surface area contributed by atoms with Gasteiger partial charge in [0.25, 0.3) is 0 Å². The molecule has 0 saturated carbocycles. The number of hydrogen-bond donors (Lipinski definition) is 1. The van der Waals surface area contributed by atoms with Crippen LogP contribution in [0.5, 0.6) is 0 Å². The van der Waals surface area contributed by atoms with Gasteiger partial charge < -0.3 is 10.2 Å². The second kappa shape index (κ2) is 4.16. The molecule has 4 heteroatoms. The summed E-state index contributed by atoms with van der Waals surface area (Å²) in [5.41, 5.74) is 7.95. The third kappa shape index (κ3) is 2.27. The van der Waals surface area contributed by atoms with Gasteiger partial charge in [-0.15, -0.1) is 0 Å². The summed E-state index contributed by atoms with van der Waals surface area (Å²) in [5, 5.41) is 0. The van der Waals surface area contributed by atoms with Crippen LogP contribution in [0.15, 0.2) is 39.5 Å². The minimum atomic E-state index is -0.260. The lowest BCUT2D eigenvalue weighted by Gasteiger charge is -2.08. The number of aromatic nitrogens is 1. The summed E-state index contributed by atoms with van der Waals surface area (Å²) in [5.74, 6) is 0.729. The van der Waals surface area contributed by atoms with Crippen LogP contribution in [0.1, 0.15) is 23.1 Å². The predicted molar refractivity (Wildman–Crippen MR) is 61.4 cm³/mol. The number of pyridine rings is 1. The molecule has 0 saturated heterocycles. The summed E-state index contributed by atoms with van der Waals surface area (Å²) in [7, 11) is 0. The van der Waals surface area contributed by atoms with Gasteiger partial charge in [0.05, 0.1) is 6.04 Å². The van der Waals surface area contributed by atoms with Gasteiger partial charge >= 0.3 is 0 Å². The van der Waals surface area contributed by atoms with Gasteiger partial charge in [0.1, 0.15) is 5.76 Å². The third-order valence-corrected chi connectivity index (χ3v) is 2.62. The molecule has 3 nitrogen and oxygen atoms in total. The lowest BCUT2D eigenvalue weighted by atomic mass is 10.1. The van der Waals surface area contributed by atoms with E-state index in [1.807, 2.05) is 31.2 Å². The lowest BCUT2D eigenvalue weighted by molar-refractivity contribution is 0.470. The summed E-state index contributed by atoms with van der Waals surface area (Å²) in [6, 6.07) is 7.33. The number of aryl methyl sites for hydroxylation is 1. The SMILES string of the molecule is Cc1ccc(C(N)c2ccc(Br)o2)cn1. The highest BCUT2D eigenvalue weighted by molar-refractivity contribution is 9.10. The second-order valence-electron chi connectivity index (χ2n) is 3.35. The molecule has 2 aromatic heterocycles. The van der Waals surface area contributed by atoms with Crippen LogP contribution in [0.25, 0.3) is 0 Å². The Morgan fingerprint density at radius 1 is 1.33 bits per heavy atom. The van der Waals surface area contributed by atoms with Crippen molar-refractivity contribution in [2.24, 2.45) is 5.73 Å². The largest absolute Gasteiger partial charge is 0.452 e. The topological polar surface area (TPSA) is 52.0 Å². The average molecular weight is 267 g/mol. The van der Waals surface area contributed by atoms with Crippen LogP contribution >= 0.6 is 15.9 Å². The molecule has 0 amide bonds. The van der Waals surface area contributed by atoms with Crippen LogP contribution in [-0.2, 0) is 0 Å². The van der Waals surface area contributed by atoms with Crippen molar-refractivity contribution in [3.8, 4) is 0 Å². The first-order chi connectivity index (χ1) is 7.16. The zero-order chi connectivity index (χ0) is 10.8. The highest BCUT2D eigenvalue weighted by Gasteiger charge is 2.12. The van der Waals surface area contributed by atoms with E-state index in [-0.39, 0.29) is 6.04 Å². The molecular formula is C11H11BrN2O. The Labute approximate surface area is 96.4 Å². The Hall–Kier alpha value is -1.13. The van der Waals surface area contributed by atoms with Crippen LogP contribution < -0.4 is 5.73 Å². The van der Waals surface area contributed by atoms with Crippen molar-refractivity contribution in [2.75, 3.05) is 0 Å². The summed E-state index contributed by atoms with van der Waals surface area (Å²) in [6.07, 6.45) is 1.77. The minimum absolute atomic E-state index is 0.260. The van der Waals surface area contributed by atoms with E-state index in [2.05, 4.69) is 20.9 Å². The quantitative estimate of drug-likeness (QED) is 0.910. The Bertz CT molecular complexity index is 450. The minimum Gasteiger partial charge on any atom is -0.452 e. The van der Waals surface area contributed by atoms with E-state index in [0.29, 0.717) is 4.67 Å². The van der Waals surface area contributed by atoms with Crippen LogP contribution in [0.4, 0.5) is 0 Å². The summed E-state index contributed by atoms with van der Waals surface area (Å²) >= 11 is 3.25. The van der Waals surface area contributed by atoms with Crippen molar-refractivity contribution < 1.29 is 4.42 Å². The molecule has 2 heterocycles. The fourth-order valence-electron chi connectivity index (χ4n) is 1.32. The van der Waals surface area contributed by atoms with Crippen LogP contribution in [0.3, 0.4) is 0 Å². The molecule has 78 valence electrons. The van der Waals surface area contributed by atoms with Gasteiger partial charge in [0, 0.05) is 11.9 Å². The molecule has 0 radical (unpaired) electrons. The normalized spacial score (nSPS) is 12.7.